The summed E-state index contributed by atoms with van der Waals surface area (Å²) in [6.07, 6.45) is 0.751. The quantitative estimate of drug-likeness (QED) is 0.663. The van der Waals surface area contributed by atoms with Crippen molar-refractivity contribution >= 4 is 22.8 Å². The molecule has 1 atom stereocenters. The zero-order valence-electron chi connectivity index (χ0n) is 12.1. The summed E-state index contributed by atoms with van der Waals surface area (Å²) < 4.78 is 15.7. The smallest absolute Gasteiger partial charge is 0.235 e. The first kappa shape index (κ1) is 14.5. The van der Waals surface area contributed by atoms with Crippen LogP contribution in [0, 0.1) is 0 Å². The van der Waals surface area contributed by atoms with Gasteiger partial charge in [0.2, 0.25) is 11.8 Å². The lowest BCUT2D eigenvalue weighted by atomic mass is 9.93. The number of nitrogens with zero attached hydrogens (tertiary/aromatic N) is 1. The van der Waals surface area contributed by atoms with Crippen molar-refractivity contribution in [2.45, 2.75) is 18.8 Å². The molecule has 116 valence electrons. The number of hydrogen-bond donors (Lipinski definition) is 1. The molecule has 1 aromatic heterocycles. The van der Waals surface area contributed by atoms with E-state index in [9.17, 15) is 9.59 Å². The Morgan fingerprint density at radius 2 is 2.23 bits per heavy atom. The molecule has 0 bridgehead atoms. The third-order valence-electron chi connectivity index (χ3n) is 3.60. The molecule has 1 N–H and O–H groups in total. The van der Waals surface area contributed by atoms with Crippen LogP contribution >= 0.6 is 0 Å². The summed E-state index contributed by atoms with van der Waals surface area (Å²) in [5.41, 5.74) is 1.11. The lowest BCUT2D eigenvalue weighted by molar-refractivity contribution is -0.134. The van der Waals surface area contributed by atoms with E-state index in [2.05, 4.69) is 10.5 Å². The van der Waals surface area contributed by atoms with Gasteiger partial charge in [0, 0.05) is 25.0 Å². The molecule has 1 aromatic carbocycles. The van der Waals surface area contributed by atoms with E-state index in [1.54, 1.807) is 19.2 Å². The summed E-state index contributed by atoms with van der Waals surface area (Å²) in [4.78, 5) is 23.2. The lowest BCUT2D eigenvalue weighted by Crippen LogP contribution is -2.39. The Bertz CT molecular complexity index is 709. The Hall–Kier alpha value is -2.41. The number of carbonyl (C=O) groups is 2. The van der Waals surface area contributed by atoms with Crippen molar-refractivity contribution in [3.63, 3.8) is 0 Å². The number of fused-ring (bicyclic) bond motifs is 1. The Labute approximate surface area is 126 Å². The highest BCUT2D eigenvalue weighted by atomic mass is 16.5. The van der Waals surface area contributed by atoms with Crippen LogP contribution in [0.2, 0.25) is 0 Å². The molecule has 0 aliphatic carbocycles. The van der Waals surface area contributed by atoms with Gasteiger partial charge in [-0.2, -0.15) is 0 Å². The van der Waals surface area contributed by atoms with Gasteiger partial charge in [0.25, 0.3) is 0 Å². The van der Waals surface area contributed by atoms with Crippen molar-refractivity contribution in [1.29, 1.82) is 0 Å². The van der Waals surface area contributed by atoms with E-state index in [-0.39, 0.29) is 11.8 Å². The summed E-state index contributed by atoms with van der Waals surface area (Å²) in [6, 6.07) is 5.34. The zero-order chi connectivity index (χ0) is 15.5. The van der Waals surface area contributed by atoms with Crippen molar-refractivity contribution in [1.82, 2.24) is 10.5 Å². The summed E-state index contributed by atoms with van der Waals surface area (Å²) in [7, 11) is 1.61. The van der Waals surface area contributed by atoms with Crippen LogP contribution in [0.4, 0.5) is 0 Å². The van der Waals surface area contributed by atoms with Gasteiger partial charge in [0.1, 0.15) is 18.1 Å². The predicted molar refractivity (Wildman–Crippen MR) is 76.5 cm³/mol. The van der Waals surface area contributed by atoms with Crippen molar-refractivity contribution in [2.24, 2.45) is 0 Å². The van der Waals surface area contributed by atoms with Crippen LogP contribution in [0.3, 0.4) is 0 Å². The lowest BCUT2D eigenvalue weighted by Gasteiger charge is -2.18. The Balaban J connectivity index is 1.83. The second-order valence-electron chi connectivity index (χ2n) is 5.07. The van der Waals surface area contributed by atoms with Gasteiger partial charge in [-0.05, 0) is 18.6 Å². The molecule has 0 spiro atoms. The van der Waals surface area contributed by atoms with Gasteiger partial charge in [-0.15, -0.1) is 0 Å². The number of carbonyl (C=O) groups excluding carboxylic acids is 2. The highest BCUT2D eigenvalue weighted by Gasteiger charge is 2.31. The van der Waals surface area contributed by atoms with Gasteiger partial charge in [-0.3, -0.25) is 14.9 Å². The van der Waals surface area contributed by atoms with Crippen LogP contribution in [0.15, 0.2) is 22.7 Å². The predicted octanol–water partition coefficient (Wildman–Crippen LogP) is 1.37. The third kappa shape index (κ3) is 2.80. The average molecular weight is 304 g/mol. The summed E-state index contributed by atoms with van der Waals surface area (Å²) in [5, 5.41) is 7.09. The van der Waals surface area contributed by atoms with Gasteiger partial charge < -0.3 is 14.0 Å². The van der Waals surface area contributed by atoms with E-state index < -0.39 is 5.92 Å². The number of methoxy groups -OCH3 is 1. The Morgan fingerprint density at radius 1 is 1.36 bits per heavy atom. The van der Waals surface area contributed by atoms with Crippen LogP contribution in [0.25, 0.3) is 11.0 Å². The fourth-order valence-corrected chi connectivity index (χ4v) is 2.48. The Kier molecular flexibility index (Phi) is 4.06. The zero-order valence-corrected chi connectivity index (χ0v) is 12.1. The molecule has 1 aliphatic rings. The first-order chi connectivity index (χ1) is 10.7. The topological polar surface area (TPSA) is 90.7 Å². The molecule has 3 rings (SSSR count). The van der Waals surface area contributed by atoms with Crippen LogP contribution in [0.1, 0.15) is 24.5 Å². The second kappa shape index (κ2) is 6.15. The number of imide groups is 1. The molecular weight excluding hydrogens is 288 g/mol. The van der Waals surface area contributed by atoms with E-state index in [1.807, 2.05) is 6.07 Å². The largest absolute Gasteiger partial charge is 0.491 e. The molecule has 7 nitrogen and oxygen atoms in total. The van der Waals surface area contributed by atoms with E-state index in [1.165, 1.54) is 0 Å². The van der Waals surface area contributed by atoms with Crippen LogP contribution in [0.5, 0.6) is 5.75 Å². The maximum Gasteiger partial charge on any atom is 0.235 e. The van der Waals surface area contributed by atoms with Crippen molar-refractivity contribution in [3.8, 4) is 5.75 Å². The normalized spacial score (nSPS) is 18.5. The molecule has 2 heterocycles. The molecule has 1 fully saturated rings. The number of hydrogen-bond acceptors (Lipinski definition) is 6. The number of benzene rings is 1. The van der Waals surface area contributed by atoms with E-state index >= 15 is 0 Å². The fourth-order valence-electron chi connectivity index (χ4n) is 2.48. The minimum atomic E-state index is -0.459. The van der Waals surface area contributed by atoms with Gasteiger partial charge in [0.15, 0.2) is 5.58 Å². The molecule has 0 saturated carbocycles. The van der Waals surface area contributed by atoms with Gasteiger partial charge >= 0.3 is 0 Å². The summed E-state index contributed by atoms with van der Waals surface area (Å²) in [6.45, 7) is 0.937. The van der Waals surface area contributed by atoms with E-state index in [0.29, 0.717) is 43.1 Å². The molecule has 1 aliphatic heterocycles. The molecule has 1 unspecified atom stereocenters. The third-order valence-corrected chi connectivity index (χ3v) is 3.60. The molecular formula is C15H16N2O5. The van der Waals surface area contributed by atoms with Crippen LogP contribution in [-0.4, -0.2) is 37.3 Å². The second-order valence-corrected chi connectivity index (χ2v) is 5.07. The number of piperidine rings is 1. The van der Waals surface area contributed by atoms with E-state index in [4.69, 9.17) is 14.0 Å². The number of ether oxygens (including phenoxy) is 2. The maximum absolute atomic E-state index is 11.9. The molecule has 1 saturated heterocycles. The number of nitrogens with one attached hydrogen (secondary N) is 1. The molecule has 2 amide bonds. The van der Waals surface area contributed by atoms with Crippen LogP contribution < -0.4 is 10.1 Å². The average Bonchev–Trinajstić information content (AvgIpc) is 2.91. The van der Waals surface area contributed by atoms with Crippen molar-refractivity contribution in [3.05, 3.63) is 23.9 Å². The SMILES string of the molecule is COCCOc1ccc2c(C3CCC(=O)NC3=O)noc2c1. The highest BCUT2D eigenvalue weighted by molar-refractivity contribution is 6.02. The highest BCUT2D eigenvalue weighted by Crippen LogP contribution is 2.32. The first-order valence-corrected chi connectivity index (χ1v) is 7.04. The first-order valence-electron chi connectivity index (χ1n) is 7.04. The minimum absolute atomic E-state index is 0.247. The minimum Gasteiger partial charge on any atom is -0.491 e. The number of amides is 2. The monoisotopic (exact) mass is 304 g/mol. The fraction of sp³-hybridized carbons (Fsp3) is 0.400. The molecule has 7 heteroatoms. The van der Waals surface area contributed by atoms with Gasteiger partial charge in [0.05, 0.1) is 12.5 Å². The summed E-state index contributed by atoms with van der Waals surface area (Å²) in [5.74, 6) is -0.385. The maximum atomic E-state index is 11.9. The number of aromatic nitrogens is 1. The van der Waals surface area contributed by atoms with Crippen LogP contribution in [-0.2, 0) is 14.3 Å². The molecule has 0 radical (unpaired) electrons. The number of rotatable bonds is 5. The van der Waals surface area contributed by atoms with E-state index in [0.717, 1.165) is 5.39 Å². The van der Waals surface area contributed by atoms with Gasteiger partial charge in [-0.25, -0.2) is 0 Å². The van der Waals surface area contributed by atoms with Gasteiger partial charge in [-0.1, -0.05) is 5.16 Å². The molecule has 22 heavy (non-hydrogen) atoms. The van der Waals surface area contributed by atoms with Crippen molar-refractivity contribution in [2.75, 3.05) is 20.3 Å². The summed E-state index contributed by atoms with van der Waals surface area (Å²) >= 11 is 0. The molecule has 2 aromatic rings. The Morgan fingerprint density at radius 3 is 3.00 bits per heavy atom. The standard InChI is InChI=1S/C15H16N2O5/c1-20-6-7-21-9-2-3-10-12(8-9)22-17-14(10)11-4-5-13(18)16-15(11)19/h2-3,8,11H,4-7H2,1H3,(H,16,18,19). The van der Waals surface area contributed by atoms with Crippen molar-refractivity contribution < 1.29 is 23.6 Å².